The van der Waals surface area contributed by atoms with E-state index in [0.29, 0.717) is 18.5 Å². The van der Waals surface area contributed by atoms with Crippen molar-refractivity contribution in [2.45, 2.75) is 24.5 Å². The predicted octanol–water partition coefficient (Wildman–Crippen LogP) is 2.96. The summed E-state index contributed by atoms with van der Waals surface area (Å²) < 4.78 is 25.6. The van der Waals surface area contributed by atoms with Gasteiger partial charge in [0.15, 0.2) is 9.84 Å². The molecule has 1 heterocycles. The Balaban J connectivity index is 2.14. The smallest absolute Gasteiger partial charge is 0.242 e. The Kier molecular flexibility index (Phi) is 4.88. The molecule has 0 aliphatic carbocycles. The number of carbonyl (C=O) groups excluding carboxylic acids is 1. The summed E-state index contributed by atoms with van der Waals surface area (Å²) in [5, 5.41) is 1.79. The molecule has 0 saturated carbocycles. The standard InChI is InChI=1S/C12H13BrINO3S/c13-9-5-4-8(7-10(9)14)15-12(16)11-3-1-2-6-19(11,17)18/h4-5,7,11H,1-3,6H2,(H,15,16). The minimum Gasteiger partial charge on any atom is -0.325 e. The lowest BCUT2D eigenvalue weighted by molar-refractivity contribution is -0.116. The van der Waals surface area contributed by atoms with Crippen LogP contribution in [0.2, 0.25) is 0 Å². The molecule has 1 unspecified atom stereocenters. The van der Waals surface area contributed by atoms with Gasteiger partial charge in [0.05, 0.1) is 5.75 Å². The Morgan fingerprint density at radius 2 is 2.11 bits per heavy atom. The highest BCUT2D eigenvalue weighted by atomic mass is 127. The molecule has 19 heavy (non-hydrogen) atoms. The number of halogens is 2. The quantitative estimate of drug-likeness (QED) is 0.694. The van der Waals surface area contributed by atoms with Crippen molar-refractivity contribution < 1.29 is 13.2 Å². The van der Waals surface area contributed by atoms with E-state index in [1.165, 1.54) is 0 Å². The molecule has 0 aromatic heterocycles. The third-order valence-electron chi connectivity index (χ3n) is 3.06. The number of rotatable bonds is 2. The summed E-state index contributed by atoms with van der Waals surface area (Å²) in [4.78, 5) is 12.1. The molecule has 4 nitrogen and oxygen atoms in total. The molecule has 7 heteroatoms. The van der Waals surface area contributed by atoms with Gasteiger partial charge in [0, 0.05) is 13.7 Å². The largest absolute Gasteiger partial charge is 0.325 e. The van der Waals surface area contributed by atoms with E-state index in [-0.39, 0.29) is 5.75 Å². The van der Waals surface area contributed by atoms with Crippen LogP contribution < -0.4 is 5.32 Å². The zero-order valence-electron chi connectivity index (χ0n) is 10.0. The monoisotopic (exact) mass is 457 g/mol. The van der Waals surface area contributed by atoms with Gasteiger partial charge in [-0.15, -0.1) is 0 Å². The number of nitrogens with one attached hydrogen (secondary N) is 1. The van der Waals surface area contributed by atoms with E-state index < -0.39 is 21.0 Å². The number of carbonyl (C=O) groups is 1. The molecule has 1 aliphatic rings. The Bertz CT molecular complexity index is 603. The minimum absolute atomic E-state index is 0.114. The number of benzene rings is 1. The van der Waals surface area contributed by atoms with Crippen LogP contribution in [0.3, 0.4) is 0 Å². The lowest BCUT2D eigenvalue weighted by Gasteiger charge is -2.21. The summed E-state index contributed by atoms with van der Waals surface area (Å²) in [6.45, 7) is 0. The van der Waals surface area contributed by atoms with E-state index in [1.54, 1.807) is 12.1 Å². The third kappa shape index (κ3) is 3.69. The Labute approximate surface area is 134 Å². The van der Waals surface area contributed by atoms with Crippen LogP contribution in [0.5, 0.6) is 0 Å². The zero-order chi connectivity index (χ0) is 14.0. The number of anilines is 1. The second-order valence-corrected chi connectivity index (χ2v) is 8.79. The lowest BCUT2D eigenvalue weighted by atomic mass is 10.2. The van der Waals surface area contributed by atoms with Crippen LogP contribution in [0.15, 0.2) is 22.7 Å². The van der Waals surface area contributed by atoms with E-state index in [1.807, 2.05) is 6.07 Å². The van der Waals surface area contributed by atoms with Gasteiger partial charge >= 0.3 is 0 Å². The molecule has 0 bridgehead atoms. The highest BCUT2D eigenvalue weighted by molar-refractivity contribution is 14.1. The molecule has 1 saturated heterocycles. The minimum atomic E-state index is -3.28. The van der Waals surface area contributed by atoms with E-state index in [2.05, 4.69) is 43.8 Å². The average Bonchev–Trinajstić information content (AvgIpc) is 2.33. The first-order chi connectivity index (χ1) is 8.90. The van der Waals surface area contributed by atoms with Crippen LogP contribution in [0, 0.1) is 3.57 Å². The molecule has 1 fully saturated rings. The fraction of sp³-hybridized carbons (Fsp3) is 0.417. The van der Waals surface area contributed by atoms with E-state index in [9.17, 15) is 13.2 Å². The van der Waals surface area contributed by atoms with Crippen LogP contribution in [-0.4, -0.2) is 25.3 Å². The number of sulfone groups is 1. The molecule has 1 aliphatic heterocycles. The molecule has 1 atom stereocenters. The van der Waals surface area contributed by atoms with Gasteiger partial charge in [-0.1, -0.05) is 6.42 Å². The van der Waals surface area contributed by atoms with Gasteiger partial charge in [-0.2, -0.15) is 0 Å². The Hall–Kier alpha value is -0.150. The van der Waals surface area contributed by atoms with Gasteiger partial charge in [0.2, 0.25) is 5.91 Å². The topological polar surface area (TPSA) is 63.2 Å². The van der Waals surface area contributed by atoms with Crippen LogP contribution in [0.25, 0.3) is 0 Å². The molecular weight excluding hydrogens is 445 g/mol. The third-order valence-corrected chi connectivity index (χ3v) is 7.56. The van der Waals surface area contributed by atoms with Crippen molar-refractivity contribution in [2.24, 2.45) is 0 Å². The van der Waals surface area contributed by atoms with Gasteiger partial charge in [-0.3, -0.25) is 4.79 Å². The second kappa shape index (κ2) is 6.09. The summed E-state index contributed by atoms with van der Waals surface area (Å²) >= 11 is 5.52. The molecule has 0 spiro atoms. The lowest BCUT2D eigenvalue weighted by Crippen LogP contribution is -2.39. The van der Waals surface area contributed by atoms with Crippen LogP contribution in [0.4, 0.5) is 5.69 Å². The maximum atomic E-state index is 12.1. The predicted molar refractivity (Wildman–Crippen MR) is 86.9 cm³/mol. The molecular formula is C12H13BrINO3S. The number of hydrogen-bond donors (Lipinski definition) is 1. The number of hydrogen-bond acceptors (Lipinski definition) is 3. The summed E-state index contributed by atoms with van der Waals surface area (Å²) in [5.41, 5.74) is 0.623. The summed E-state index contributed by atoms with van der Waals surface area (Å²) in [6.07, 6.45) is 1.86. The molecule has 1 aromatic rings. The van der Waals surface area contributed by atoms with Crippen molar-refractivity contribution >= 4 is 60.0 Å². The summed E-state index contributed by atoms with van der Waals surface area (Å²) in [5.74, 6) is -0.305. The van der Waals surface area contributed by atoms with Crippen LogP contribution in [-0.2, 0) is 14.6 Å². The zero-order valence-corrected chi connectivity index (χ0v) is 14.6. The fourth-order valence-corrected chi connectivity index (χ4v) is 4.61. The van der Waals surface area contributed by atoms with Crippen molar-refractivity contribution in [2.75, 3.05) is 11.1 Å². The normalized spacial score (nSPS) is 21.9. The maximum Gasteiger partial charge on any atom is 0.242 e. The molecule has 1 amide bonds. The first-order valence-corrected chi connectivity index (χ1v) is 9.46. The van der Waals surface area contributed by atoms with E-state index >= 15 is 0 Å². The first-order valence-electron chi connectivity index (χ1n) is 5.87. The van der Waals surface area contributed by atoms with Crippen molar-refractivity contribution in [3.63, 3.8) is 0 Å². The van der Waals surface area contributed by atoms with Crippen molar-refractivity contribution in [3.8, 4) is 0 Å². The van der Waals surface area contributed by atoms with Crippen LogP contribution in [0.1, 0.15) is 19.3 Å². The maximum absolute atomic E-state index is 12.1. The van der Waals surface area contributed by atoms with Gasteiger partial charge in [-0.05, 0) is 69.6 Å². The van der Waals surface area contributed by atoms with Crippen LogP contribution >= 0.6 is 38.5 Å². The second-order valence-electron chi connectivity index (χ2n) is 4.47. The average molecular weight is 458 g/mol. The highest BCUT2D eigenvalue weighted by Crippen LogP contribution is 2.24. The van der Waals surface area contributed by atoms with Crippen molar-refractivity contribution in [1.82, 2.24) is 0 Å². The molecule has 104 valence electrons. The highest BCUT2D eigenvalue weighted by Gasteiger charge is 2.34. The van der Waals surface area contributed by atoms with Gasteiger partial charge in [0.1, 0.15) is 5.25 Å². The van der Waals surface area contributed by atoms with Crippen molar-refractivity contribution in [1.29, 1.82) is 0 Å². The first kappa shape index (κ1) is 15.2. The number of amides is 1. The Morgan fingerprint density at radius 1 is 1.37 bits per heavy atom. The fourth-order valence-electron chi connectivity index (χ4n) is 2.05. The van der Waals surface area contributed by atoms with E-state index in [0.717, 1.165) is 14.5 Å². The molecule has 1 N–H and O–H groups in total. The van der Waals surface area contributed by atoms with E-state index in [4.69, 9.17) is 0 Å². The SMILES string of the molecule is O=C(Nc1ccc(Br)c(I)c1)C1CCCCS1(=O)=O. The van der Waals surface area contributed by atoms with Gasteiger partial charge in [-0.25, -0.2) is 8.42 Å². The summed E-state index contributed by atoms with van der Waals surface area (Å²) in [6, 6.07) is 5.38. The summed E-state index contributed by atoms with van der Waals surface area (Å²) in [7, 11) is -3.28. The molecule has 0 radical (unpaired) electrons. The molecule has 2 rings (SSSR count). The van der Waals surface area contributed by atoms with Crippen molar-refractivity contribution in [3.05, 3.63) is 26.2 Å². The van der Waals surface area contributed by atoms with Gasteiger partial charge in [0.25, 0.3) is 0 Å². The van der Waals surface area contributed by atoms with Gasteiger partial charge < -0.3 is 5.32 Å². The molecule has 1 aromatic carbocycles. The Morgan fingerprint density at radius 3 is 2.74 bits per heavy atom.